The number of hydrogen-bond donors (Lipinski definition) is 0. The Kier molecular flexibility index (Phi) is 8.62. The molecule has 0 saturated carbocycles. The standard InChI is InChI=1S/C16H27N2.2CH3.In/c1-5-17(6-2)13-15-10-9-11-16(12-15)14-18(7-3)8-4;;;/h9-10,12-14H,5-8,11H2,1-4H3;2*1H3;. The van der Waals surface area contributed by atoms with E-state index in [-0.39, 0.29) is 0 Å². The molecule has 0 saturated heterocycles. The Morgan fingerprint density at radius 2 is 1.52 bits per heavy atom. The van der Waals surface area contributed by atoms with Crippen molar-refractivity contribution >= 4 is 21.4 Å². The first-order valence-electron chi connectivity index (χ1n) is 8.64. The average Bonchev–Trinajstić information content (AvgIpc) is 2.49. The quantitative estimate of drug-likeness (QED) is 0.629. The molecule has 0 aromatic rings. The third-order valence-electron chi connectivity index (χ3n) is 4.39. The van der Waals surface area contributed by atoms with E-state index in [0.29, 0.717) is 0 Å². The van der Waals surface area contributed by atoms with E-state index in [2.05, 4.69) is 71.4 Å². The first-order chi connectivity index (χ1) is 10.1. The van der Waals surface area contributed by atoms with E-state index in [1.54, 1.807) is 11.1 Å². The fourth-order valence-electron chi connectivity index (χ4n) is 3.10. The molecule has 21 heavy (non-hydrogen) atoms. The maximum absolute atomic E-state index is 2.55. The molecule has 0 aromatic heterocycles. The molecule has 0 spiro atoms. The molecule has 2 nitrogen and oxygen atoms in total. The second kappa shape index (κ2) is 9.66. The van der Waals surface area contributed by atoms with E-state index in [9.17, 15) is 0 Å². The summed E-state index contributed by atoms with van der Waals surface area (Å²) in [7, 11) is 0. The Hall–Kier alpha value is -0.310. The summed E-state index contributed by atoms with van der Waals surface area (Å²) in [5.74, 6) is 0. The van der Waals surface area contributed by atoms with Gasteiger partial charge in [-0.2, -0.15) is 0 Å². The van der Waals surface area contributed by atoms with Crippen LogP contribution in [0.1, 0.15) is 34.1 Å². The van der Waals surface area contributed by atoms with Crippen molar-refractivity contribution in [3.05, 3.63) is 35.7 Å². The van der Waals surface area contributed by atoms with Crippen LogP contribution in [0.15, 0.2) is 35.7 Å². The molecule has 1 atom stereocenters. The van der Waals surface area contributed by atoms with Gasteiger partial charge in [-0.15, -0.1) is 0 Å². The maximum atomic E-state index is 2.55. The Morgan fingerprint density at radius 3 is 2.00 bits per heavy atom. The van der Waals surface area contributed by atoms with E-state index in [0.717, 1.165) is 36.3 Å². The molecule has 0 radical (unpaired) electrons. The predicted octanol–water partition coefficient (Wildman–Crippen LogP) is 4.52. The molecule has 1 unspecified atom stereocenters. The van der Waals surface area contributed by atoms with Crippen LogP contribution >= 0.6 is 0 Å². The molecular formula is C18H33InN2. The fourth-order valence-corrected chi connectivity index (χ4v) is 8.94. The van der Waals surface area contributed by atoms with Crippen molar-refractivity contribution in [2.45, 2.75) is 47.2 Å². The Morgan fingerprint density at radius 1 is 1.00 bits per heavy atom. The van der Waals surface area contributed by atoms with Gasteiger partial charge in [0.25, 0.3) is 0 Å². The number of rotatable bonds is 7. The van der Waals surface area contributed by atoms with Crippen LogP contribution < -0.4 is 0 Å². The zero-order valence-corrected chi connectivity index (χ0v) is 18.2. The van der Waals surface area contributed by atoms with Crippen LogP contribution in [-0.2, 0) is 0 Å². The molecule has 3 heteroatoms. The summed E-state index contributed by atoms with van der Waals surface area (Å²) in [6.45, 7) is 13.4. The zero-order valence-electron chi connectivity index (χ0n) is 14.9. The Labute approximate surface area is 140 Å². The monoisotopic (exact) mass is 392 g/mol. The van der Waals surface area contributed by atoms with Crippen molar-refractivity contribution in [1.29, 1.82) is 0 Å². The van der Waals surface area contributed by atoms with Crippen LogP contribution in [0.3, 0.4) is 0 Å². The van der Waals surface area contributed by atoms with Crippen molar-refractivity contribution in [1.82, 2.24) is 9.80 Å². The Bertz CT molecular complexity index is 388. The molecule has 0 N–H and O–H groups in total. The third kappa shape index (κ3) is 5.43. The number of nitrogens with zero attached hydrogens (tertiary/aromatic N) is 2. The first kappa shape index (κ1) is 18.7. The molecular weight excluding hydrogens is 359 g/mol. The van der Waals surface area contributed by atoms with Crippen molar-refractivity contribution in [3.8, 4) is 0 Å². The van der Waals surface area contributed by atoms with Crippen molar-refractivity contribution in [2.75, 3.05) is 26.2 Å². The fraction of sp³-hybridized carbons (Fsp3) is 0.667. The van der Waals surface area contributed by atoms with Gasteiger partial charge in [0.1, 0.15) is 0 Å². The molecule has 0 bridgehead atoms. The summed E-state index contributed by atoms with van der Waals surface area (Å²) in [5, 5.41) is 0. The van der Waals surface area contributed by atoms with Crippen LogP contribution in [-0.4, -0.2) is 57.4 Å². The average molecular weight is 392 g/mol. The van der Waals surface area contributed by atoms with Gasteiger partial charge >= 0.3 is 140 Å². The predicted molar refractivity (Wildman–Crippen MR) is 97.0 cm³/mol. The second-order valence-corrected chi connectivity index (χ2v) is 15.1. The molecule has 0 fully saturated rings. The minimum atomic E-state index is -1.49. The molecule has 0 amide bonds. The summed E-state index contributed by atoms with van der Waals surface area (Å²) in [6.07, 6.45) is 10.8. The van der Waals surface area contributed by atoms with Gasteiger partial charge in [0.05, 0.1) is 0 Å². The van der Waals surface area contributed by atoms with Gasteiger partial charge in [0.2, 0.25) is 0 Å². The third-order valence-corrected chi connectivity index (χ3v) is 10.5. The van der Waals surface area contributed by atoms with Gasteiger partial charge in [-0.05, 0) is 0 Å². The summed E-state index contributed by atoms with van der Waals surface area (Å²) >= 11 is -1.49. The molecule has 0 aromatic carbocycles. The van der Waals surface area contributed by atoms with Crippen LogP contribution in [0.2, 0.25) is 13.0 Å². The normalized spacial score (nSPS) is 21.9. The van der Waals surface area contributed by atoms with E-state index in [1.807, 2.05) is 0 Å². The van der Waals surface area contributed by atoms with Gasteiger partial charge in [0.15, 0.2) is 0 Å². The number of allylic oxidation sites excluding steroid dienone is 4. The van der Waals surface area contributed by atoms with Gasteiger partial charge in [-0.25, -0.2) is 0 Å². The Balaban J connectivity index is 3.11. The second-order valence-electron chi connectivity index (χ2n) is 6.10. The van der Waals surface area contributed by atoms with Gasteiger partial charge in [0, 0.05) is 0 Å². The summed E-state index contributed by atoms with van der Waals surface area (Å²) in [4.78, 5) is 4.88. The number of hydrogen-bond acceptors (Lipinski definition) is 2. The zero-order chi connectivity index (χ0) is 15.8. The van der Waals surface area contributed by atoms with Crippen LogP contribution in [0.5, 0.6) is 0 Å². The van der Waals surface area contributed by atoms with Crippen molar-refractivity contribution in [2.24, 2.45) is 0 Å². The first-order valence-corrected chi connectivity index (χ1v) is 17.1. The van der Waals surface area contributed by atoms with Gasteiger partial charge in [-0.3, -0.25) is 0 Å². The SMILES string of the molecule is CCN(C=C1C=CCC(=CN(CC)CC)[CH]1[In]([CH3])[CH3])CC. The van der Waals surface area contributed by atoms with E-state index < -0.39 is 21.4 Å². The molecule has 118 valence electrons. The molecule has 0 heterocycles. The summed E-state index contributed by atoms with van der Waals surface area (Å²) in [5.41, 5.74) is 3.22. The van der Waals surface area contributed by atoms with E-state index >= 15 is 0 Å². The minimum absolute atomic E-state index is 0.762. The molecule has 1 rings (SSSR count). The molecule has 1 aliphatic carbocycles. The van der Waals surface area contributed by atoms with Crippen LogP contribution in [0.4, 0.5) is 0 Å². The van der Waals surface area contributed by atoms with Crippen molar-refractivity contribution in [3.63, 3.8) is 0 Å². The molecule has 1 aliphatic rings. The van der Waals surface area contributed by atoms with Crippen LogP contribution in [0.25, 0.3) is 0 Å². The van der Waals surface area contributed by atoms with Crippen molar-refractivity contribution < 1.29 is 0 Å². The summed E-state index contributed by atoms with van der Waals surface area (Å²) in [6, 6.07) is 0. The van der Waals surface area contributed by atoms with Gasteiger partial charge < -0.3 is 0 Å². The van der Waals surface area contributed by atoms with E-state index in [4.69, 9.17) is 0 Å². The topological polar surface area (TPSA) is 6.48 Å². The molecule has 0 aliphatic heterocycles. The summed E-state index contributed by atoms with van der Waals surface area (Å²) < 4.78 is 5.87. The van der Waals surface area contributed by atoms with Gasteiger partial charge in [-0.1, -0.05) is 0 Å². The van der Waals surface area contributed by atoms with E-state index in [1.165, 1.54) is 0 Å². The van der Waals surface area contributed by atoms with Crippen LogP contribution in [0, 0.1) is 0 Å².